The summed E-state index contributed by atoms with van der Waals surface area (Å²) in [6, 6.07) is 8.65. The van der Waals surface area contributed by atoms with Gasteiger partial charge in [0.25, 0.3) is 0 Å². The van der Waals surface area contributed by atoms with Crippen LogP contribution in [0.25, 0.3) is 0 Å². The summed E-state index contributed by atoms with van der Waals surface area (Å²) in [5.41, 5.74) is 2.24. The molecular weight excluding hydrogens is 210 g/mol. The molecule has 0 amide bonds. The number of aliphatic hydroxyl groups is 1. The molecule has 2 unspecified atom stereocenters. The maximum Gasteiger partial charge on any atom is 0.0916 e. The maximum atomic E-state index is 10.2. The third kappa shape index (κ3) is 4.49. The van der Waals surface area contributed by atoms with Crippen LogP contribution in [0.4, 0.5) is 0 Å². The second kappa shape index (κ2) is 6.77. The quantitative estimate of drug-likeness (QED) is 0.818. The molecule has 0 saturated carbocycles. The molecule has 17 heavy (non-hydrogen) atoms. The first kappa shape index (κ1) is 14.2. The zero-order chi connectivity index (χ0) is 12.8. The predicted molar refractivity (Wildman–Crippen MR) is 73.1 cm³/mol. The highest BCUT2D eigenvalue weighted by molar-refractivity contribution is 5.23. The lowest BCUT2D eigenvalue weighted by Crippen LogP contribution is -2.32. The van der Waals surface area contributed by atoms with Crippen molar-refractivity contribution in [2.75, 3.05) is 13.6 Å². The second-order valence-electron chi connectivity index (χ2n) is 5.00. The Morgan fingerprint density at radius 2 is 1.82 bits per heavy atom. The summed E-state index contributed by atoms with van der Waals surface area (Å²) in [7, 11) is 2.08. The molecule has 0 aliphatic heterocycles. The number of likely N-dealkylation sites (N-methyl/N-ethyl adjacent to an activating group) is 1. The Hall–Kier alpha value is -0.860. The van der Waals surface area contributed by atoms with Crippen LogP contribution in [0.15, 0.2) is 24.3 Å². The molecule has 0 aliphatic rings. The van der Waals surface area contributed by atoms with Gasteiger partial charge in [-0.3, -0.25) is 0 Å². The first-order valence-corrected chi connectivity index (χ1v) is 6.49. The number of aliphatic hydroxyl groups excluding tert-OH is 1. The Balaban J connectivity index is 2.53. The van der Waals surface area contributed by atoms with Crippen molar-refractivity contribution in [3.63, 3.8) is 0 Å². The van der Waals surface area contributed by atoms with Crippen molar-refractivity contribution in [3.05, 3.63) is 35.4 Å². The molecule has 0 saturated heterocycles. The van der Waals surface area contributed by atoms with Crippen LogP contribution in [0.3, 0.4) is 0 Å². The second-order valence-corrected chi connectivity index (χ2v) is 5.00. The molecule has 0 spiro atoms. The Kier molecular flexibility index (Phi) is 5.66. The van der Waals surface area contributed by atoms with Gasteiger partial charge in [-0.05, 0) is 32.9 Å². The lowest BCUT2D eigenvalue weighted by Gasteiger charge is -2.26. The molecule has 0 fully saturated rings. The van der Waals surface area contributed by atoms with Crippen LogP contribution in [0.5, 0.6) is 0 Å². The van der Waals surface area contributed by atoms with E-state index < -0.39 is 0 Å². The van der Waals surface area contributed by atoms with Gasteiger partial charge in [0.1, 0.15) is 0 Å². The normalized spacial score (nSPS) is 14.9. The van der Waals surface area contributed by atoms with Crippen molar-refractivity contribution >= 4 is 0 Å². The van der Waals surface area contributed by atoms with Gasteiger partial charge >= 0.3 is 0 Å². The van der Waals surface area contributed by atoms with E-state index in [0.29, 0.717) is 12.6 Å². The van der Waals surface area contributed by atoms with Gasteiger partial charge in [-0.15, -0.1) is 0 Å². The molecule has 1 N–H and O–H groups in total. The summed E-state index contributed by atoms with van der Waals surface area (Å²) in [6.07, 6.45) is 1.98. The average molecular weight is 235 g/mol. The van der Waals surface area contributed by atoms with Gasteiger partial charge in [-0.1, -0.05) is 43.2 Å². The van der Waals surface area contributed by atoms with Crippen LogP contribution >= 0.6 is 0 Å². The number of aryl methyl sites for hydroxylation is 1. The molecular formula is C15H25NO. The lowest BCUT2D eigenvalue weighted by atomic mass is 10.1. The minimum Gasteiger partial charge on any atom is -0.387 e. The van der Waals surface area contributed by atoms with Gasteiger partial charge in [0.05, 0.1) is 6.10 Å². The van der Waals surface area contributed by atoms with Crippen molar-refractivity contribution in [1.82, 2.24) is 4.90 Å². The van der Waals surface area contributed by atoms with Gasteiger partial charge in [0, 0.05) is 12.6 Å². The molecule has 96 valence electrons. The van der Waals surface area contributed by atoms with E-state index in [9.17, 15) is 5.11 Å². The molecule has 0 aliphatic carbocycles. The number of hydrogen-bond acceptors (Lipinski definition) is 2. The van der Waals surface area contributed by atoms with E-state index in [1.165, 1.54) is 18.4 Å². The summed E-state index contributed by atoms with van der Waals surface area (Å²) in [4.78, 5) is 2.23. The van der Waals surface area contributed by atoms with E-state index in [4.69, 9.17) is 0 Å². The van der Waals surface area contributed by atoms with E-state index in [0.717, 1.165) is 5.56 Å². The van der Waals surface area contributed by atoms with Crippen LogP contribution < -0.4 is 0 Å². The molecule has 2 atom stereocenters. The van der Waals surface area contributed by atoms with Gasteiger partial charge in [-0.25, -0.2) is 0 Å². The zero-order valence-electron chi connectivity index (χ0n) is 11.5. The van der Waals surface area contributed by atoms with E-state index in [1.54, 1.807) is 0 Å². The average Bonchev–Trinajstić information content (AvgIpc) is 2.30. The first-order chi connectivity index (χ1) is 8.04. The van der Waals surface area contributed by atoms with Crippen LogP contribution in [0.2, 0.25) is 0 Å². The SMILES string of the molecule is CCCC(C)N(C)CC(O)c1ccc(C)cc1. The maximum absolute atomic E-state index is 10.2. The van der Waals surface area contributed by atoms with Crippen LogP contribution in [0.1, 0.15) is 43.9 Å². The summed E-state index contributed by atoms with van der Waals surface area (Å²) < 4.78 is 0. The molecule has 0 bridgehead atoms. The largest absolute Gasteiger partial charge is 0.387 e. The van der Waals surface area contributed by atoms with Gasteiger partial charge in [-0.2, -0.15) is 0 Å². The molecule has 2 heteroatoms. The summed E-state index contributed by atoms with van der Waals surface area (Å²) in [5.74, 6) is 0. The Bertz CT molecular complexity index is 320. The van der Waals surface area contributed by atoms with Gasteiger partial charge < -0.3 is 10.0 Å². The van der Waals surface area contributed by atoms with E-state index in [-0.39, 0.29) is 6.10 Å². The highest BCUT2D eigenvalue weighted by atomic mass is 16.3. The van der Waals surface area contributed by atoms with Crippen molar-refractivity contribution in [3.8, 4) is 0 Å². The van der Waals surface area contributed by atoms with Gasteiger partial charge in [0.15, 0.2) is 0 Å². The third-order valence-electron chi connectivity index (χ3n) is 3.38. The number of hydrogen-bond donors (Lipinski definition) is 1. The lowest BCUT2D eigenvalue weighted by molar-refractivity contribution is 0.106. The van der Waals surface area contributed by atoms with Crippen molar-refractivity contribution in [1.29, 1.82) is 0 Å². The molecule has 0 radical (unpaired) electrons. The Morgan fingerprint density at radius 3 is 2.35 bits per heavy atom. The molecule has 0 heterocycles. The fourth-order valence-electron chi connectivity index (χ4n) is 1.98. The fraction of sp³-hybridized carbons (Fsp3) is 0.600. The minimum atomic E-state index is -0.389. The monoisotopic (exact) mass is 235 g/mol. The summed E-state index contributed by atoms with van der Waals surface area (Å²) in [6.45, 7) is 7.17. The van der Waals surface area contributed by atoms with Crippen LogP contribution in [-0.2, 0) is 0 Å². The highest BCUT2D eigenvalue weighted by Crippen LogP contribution is 2.16. The van der Waals surface area contributed by atoms with Crippen molar-refractivity contribution in [2.24, 2.45) is 0 Å². The smallest absolute Gasteiger partial charge is 0.0916 e. The van der Waals surface area contributed by atoms with E-state index in [2.05, 4.69) is 32.7 Å². The number of nitrogens with zero attached hydrogens (tertiary/aromatic N) is 1. The molecule has 0 aromatic heterocycles. The standard InChI is InChI=1S/C15H25NO/c1-5-6-13(3)16(4)11-15(17)14-9-7-12(2)8-10-14/h7-10,13,15,17H,5-6,11H2,1-4H3. The first-order valence-electron chi connectivity index (χ1n) is 6.49. The zero-order valence-corrected chi connectivity index (χ0v) is 11.5. The topological polar surface area (TPSA) is 23.5 Å². The van der Waals surface area contributed by atoms with Gasteiger partial charge in [0.2, 0.25) is 0 Å². The number of rotatable bonds is 6. The van der Waals surface area contributed by atoms with Crippen molar-refractivity contribution in [2.45, 2.75) is 45.8 Å². The predicted octanol–water partition coefficient (Wildman–Crippen LogP) is 3.15. The Labute approximate surface area is 105 Å². The third-order valence-corrected chi connectivity index (χ3v) is 3.38. The minimum absolute atomic E-state index is 0.389. The summed E-state index contributed by atoms with van der Waals surface area (Å²) >= 11 is 0. The molecule has 2 nitrogen and oxygen atoms in total. The molecule has 1 aromatic rings. The molecule has 1 aromatic carbocycles. The van der Waals surface area contributed by atoms with E-state index >= 15 is 0 Å². The number of benzene rings is 1. The molecule has 1 rings (SSSR count). The van der Waals surface area contributed by atoms with Crippen molar-refractivity contribution < 1.29 is 5.11 Å². The fourth-order valence-corrected chi connectivity index (χ4v) is 1.98. The van der Waals surface area contributed by atoms with Crippen LogP contribution in [0, 0.1) is 6.92 Å². The highest BCUT2D eigenvalue weighted by Gasteiger charge is 2.14. The van der Waals surface area contributed by atoms with Crippen LogP contribution in [-0.4, -0.2) is 29.6 Å². The Morgan fingerprint density at radius 1 is 1.24 bits per heavy atom. The summed E-state index contributed by atoms with van der Waals surface area (Å²) in [5, 5.41) is 10.2. The van der Waals surface area contributed by atoms with E-state index in [1.807, 2.05) is 24.3 Å².